The average Bonchev–Trinajstić information content (AvgIpc) is 2.81. The predicted molar refractivity (Wildman–Crippen MR) is 73.3 cm³/mol. The van der Waals surface area contributed by atoms with Crippen LogP contribution in [0.5, 0.6) is 0 Å². The third kappa shape index (κ3) is 3.88. The Morgan fingerprint density at radius 2 is 1.94 bits per heavy atom. The second-order valence-electron chi connectivity index (χ2n) is 3.58. The van der Waals surface area contributed by atoms with Crippen molar-refractivity contribution in [2.45, 2.75) is 20.3 Å². The van der Waals surface area contributed by atoms with Crippen LogP contribution in [0.15, 0.2) is 30.5 Å². The summed E-state index contributed by atoms with van der Waals surface area (Å²) in [4.78, 5) is 3.25. The molecule has 0 spiro atoms. The van der Waals surface area contributed by atoms with Crippen molar-refractivity contribution in [2.24, 2.45) is 0 Å². The molecule has 94 valence electrons. The summed E-state index contributed by atoms with van der Waals surface area (Å²) >= 11 is 0. The van der Waals surface area contributed by atoms with Gasteiger partial charge >= 0.3 is 0 Å². The molecule has 3 heteroatoms. The molecule has 0 aliphatic rings. The average molecular weight is 234 g/mol. The molecular formula is C14H22N2O. The summed E-state index contributed by atoms with van der Waals surface area (Å²) in [6.07, 6.45) is 3.05. The van der Waals surface area contributed by atoms with E-state index in [-0.39, 0.29) is 6.61 Å². The molecule has 17 heavy (non-hydrogen) atoms. The van der Waals surface area contributed by atoms with E-state index in [4.69, 9.17) is 5.11 Å². The van der Waals surface area contributed by atoms with Gasteiger partial charge in [0.2, 0.25) is 0 Å². The Balaban J connectivity index is 0.000000686. The Morgan fingerprint density at radius 3 is 2.71 bits per heavy atom. The first kappa shape index (κ1) is 13.7. The molecule has 2 aromatic rings. The third-order valence-corrected chi connectivity index (χ3v) is 2.53. The number of nitrogens with one attached hydrogen (secondary N) is 2. The zero-order valence-electron chi connectivity index (χ0n) is 10.7. The van der Waals surface area contributed by atoms with Crippen molar-refractivity contribution in [2.75, 3.05) is 19.7 Å². The molecule has 0 amide bonds. The molecule has 0 bridgehead atoms. The monoisotopic (exact) mass is 234 g/mol. The molecule has 0 saturated carbocycles. The predicted octanol–water partition coefficient (Wildman–Crippen LogP) is 2.32. The topological polar surface area (TPSA) is 48.0 Å². The van der Waals surface area contributed by atoms with E-state index in [0.29, 0.717) is 6.54 Å². The molecule has 0 aliphatic heterocycles. The lowest BCUT2D eigenvalue weighted by Crippen LogP contribution is -2.20. The molecule has 0 saturated heterocycles. The molecule has 2 rings (SSSR count). The Kier molecular flexibility index (Phi) is 6.37. The molecule has 0 unspecified atom stereocenters. The second-order valence-corrected chi connectivity index (χ2v) is 3.58. The maximum Gasteiger partial charge on any atom is 0.0555 e. The van der Waals surface area contributed by atoms with Crippen molar-refractivity contribution in [3.8, 4) is 0 Å². The Morgan fingerprint density at radius 1 is 1.18 bits per heavy atom. The lowest BCUT2D eigenvalue weighted by molar-refractivity contribution is 0.293. The first-order valence-electron chi connectivity index (χ1n) is 6.28. The first-order valence-corrected chi connectivity index (χ1v) is 6.28. The smallest absolute Gasteiger partial charge is 0.0555 e. The van der Waals surface area contributed by atoms with Gasteiger partial charge in [0.25, 0.3) is 0 Å². The van der Waals surface area contributed by atoms with Gasteiger partial charge in [-0.2, -0.15) is 0 Å². The van der Waals surface area contributed by atoms with Gasteiger partial charge in [0.1, 0.15) is 0 Å². The van der Waals surface area contributed by atoms with Crippen LogP contribution >= 0.6 is 0 Å². The Bertz CT molecular complexity index is 423. The summed E-state index contributed by atoms with van der Waals surface area (Å²) in [7, 11) is 0. The number of fused-ring (bicyclic) bond motifs is 1. The van der Waals surface area contributed by atoms with E-state index in [9.17, 15) is 0 Å². The van der Waals surface area contributed by atoms with Gasteiger partial charge in [0, 0.05) is 23.6 Å². The molecule has 3 nitrogen and oxygen atoms in total. The normalized spacial score (nSPS) is 10.1. The van der Waals surface area contributed by atoms with E-state index in [0.717, 1.165) is 13.0 Å². The van der Waals surface area contributed by atoms with Crippen molar-refractivity contribution in [3.63, 3.8) is 0 Å². The van der Waals surface area contributed by atoms with E-state index >= 15 is 0 Å². The number of aliphatic hydroxyl groups excluding tert-OH is 1. The molecule has 1 heterocycles. The number of H-pyrrole nitrogens is 1. The highest BCUT2D eigenvalue weighted by Gasteiger charge is 2.01. The number of rotatable bonds is 5. The number of hydrogen-bond donors (Lipinski definition) is 3. The maximum absolute atomic E-state index is 8.63. The van der Waals surface area contributed by atoms with E-state index < -0.39 is 0 Å². The van der Waals surface area contributed by atoms with Crippen molar-refractivity contribution in [1.82, 2.24) is 10.3 Å². The minimum atomic E-state index is 0.202. The number of para-hydroxylation sites is 1. The van der Waals surface area contributed by atoms with Gasteiger partial charge in [-0.05, 0) is 24.6 Å². The summed E-state index contributed by atoms with van der Waals surface area (Å²) < 4.78 is 0. The van der Waals surface area contributed by atoms with Crippen LogP contribution in [-0.4, -0.2) is 29.8 Å². The highest BCUT2D eigenvalue weighted by molar-refractivity contribution is 5.83. The maximum atomic E-state index is 8.63. The van der Waals surface area contributed by atoms with Crippen LogP contribution < -0.4 is 5.32 Å². The van der Waals surface area contributed by atoms with E-state index in [1.807, 2.05) is 19.9 Å². The van der Waals surface area contributed by atoms with Crippen molar-refractivity contribution >= 4 is 10.9 Å². The largest absolute Gasteiger partial charge is 0.395 e. The summed E-state index contributed by atoms with van der Waals surface area (Å²) in [5, 5.41) is 13.1. The lowest BCUT2D eigenvalue weighted by atomic mass is 10.1. The number of aromatic nitrogens is 1. The summed E-state index contributed by atoms with van der Waals surface area (Å²) in [5.74, 6) is 0. The van der Waals surface area contributed by atoms with Gasteiger partial charge in [-0.15, -0.1) is 0 Å². The molecule has 1 aromatic carbocycles. The standard InChI is InChI=1S/C12H16N2O.C2H6/c15-8-7-13-6-5-10-9-14-12-4-2-1-3-11(10)12;1-2/h1-4,9,13-15H,5-8H2;1-2H3. The van der Waals surface area contributed by atoms with Crippen LogP contribution in [-0.2, 0) is 6.42 Å². The van der Waals surface area contributed by atoms with E-state index in [2.05, 4.69) is 34.7 Å². The second kappa shape index (κ2) is 7.87. The van der Waals surface area contributed by atoms with Crippen molar-refractivity contribution < 1.29 is 5.11 Å². The number of benzene rings is 1. The molecule has 0 radical (unpaired) electrons. The molecule has 0 atom stereocenters. The van der Waals surface area contributed by atoms with Crippen LogP contribution in [0.4, 0.5) is 0 Å². The Hall–Kier alpha value is -1.32. The fourth-order valence-electron chi connectivity index (χ4n) is 1.77. The lowest BCUT2D eigenvalue weighted by Gasteiger charge is -2.01. The van der Waals surface area contributed by atoms with Crippen LogP contribution in [0.25, 0.3) is 10.9 Å². The minimum Gasteiger partial charge on any atom is -0.395 e. The van der Waals surface area contributed by atoms with Gasteiger partial charge in [-0.1, -0.05) is 32.0 Å². The molecule has 3 N–H and O–H groups in total. The number of aromatic amines is 1. The number of aliphatic hydroxyl groups is 1. The van der Waals surface area contributed by atoms with Crippen LogP contribution in [0, 0.1) is 0 Å². The van der Waals surface area contributed by atoms with Gasteiger partial charge in [0.05, 0.1) is 6.61 Å². The van der Waals surface area contributed by atoms with Gasteiger partial charge < -0.3 is 15.4 Å². The summed E-state index contributed by atoms with van der Waals surface area (Å²) in [6, 6.07) is 8.31. The molecular weight excluding hydrogens is 212 g/mol. The Labute approximate surface area is 103 Å². The van der Waals surface area contributed by atoms with E-state index in [1.165, 1.54) is 16.5 Å². The fourth-order valence-corrected chi connectivity index (χ4v) is 1.77. The SMILES string of the molecule is CC.OCCNCCc1c[nH]c2ccccc12. The van der Waals surface area contributed by atoms with Crippen LogP contribution in [0.1, 0.15) is 19.4 Å². The first-order chi connectivity index (χ1) is 8.42. The zero-order chi connectivity index (χ0) is 12.5. The van der Waals surface area contributed by atoms with Gasteiger partial charge in [-0.3, -0.25) is 0 Å². The summed E-state index contributed by atoms with van der Waals surface area (Å²) in [6.45, 7) is 5.78. The van der Waals surface area contributed by atoms with E-state index in [1.54, 1.807) is 0 Å². The van der Waals surface area contributed by atoms with Gasteiger partial charge in [0.15, 0.2) is 0 Å². The van der Waals surface area contributed by atoms with Gasteiger partial charge in [-0.25, -0.2) is 0 Å². The molecule has 0 aliphatic carbocycles. The summed E-state index contributed by atoms with van der Waals surface area (Å²) in [5.41, 5.74) is 2.52. The third-order valence-electron chi connectivity index (χ3n) is 2.53. The minimum absolute atomic E-state index is 0.202. The quantitative estimate of drug-likeness (QED) is 0.695. The number of hydrogen-bond acceptors (Lipinski definition) is 2. The molecule has 1 aromatic heterocycles. The molecule has 0 fully saturated rings. The zero-order valence-corrected chi connectivity index (χ0v) is 10.7. The highest BCUT2D eigenvalue weighted by atomic mass is 16.3. The van der Waals surface area contributed by atoms with Crippen LogP contribution in [0.3, 0.4) is 0 Å². The van der Waals surface area contributed by atoms with Crippen molar-refractivity contribution in [3.05, 3.63) is 36.0 Å². The highest BCUT2D eigenvalue weighted by Crippen LogP contribution is 2.17. The van der Waals surface area contributed by atoms with Crippen LogP contribution in [0.2, 0.25) is 0 Å². The van der Waals surface area contributed by atoms with Crippen molar-refractivity contribution in [1.29, 1.82) is 0 Å². The fraction of sp³-hybridized carbons (Fsp3) is 0.429.